The molecule has 0 radical (unpaired) electrons. The molecule has 5 heteroatoms. The van der Waals surface area contributed by atoms with Crippen LogP contribution in [0.1, 0.15) is 29.0 Å². The molecule has 3 aromatic carbocycles. The van der Waals surface area contributed by atoms with Crippen LogP contribution in [0.4, 0.5) is 0 Å². The third-order valence-electron chi connectivity index (χ3n) is 4.67. The van der Waals surface area contributed by atoms with Crippen molar-refractivity contribution < 1.29 is 4.79 Å². The Bertz CT molecular complexity index is 1190. The maximum absolute atomic E-state index is 12.8. The molecular weight excluding hydrogens is 350 g/mol. The molecule has 0 aliphatic carbocycles. The molecule has 0 spiro atoms. The summed E-state index contributed by atoms with van der Waals surface area (Å²) in [5.74, 6) is -0.329. The molecule has 0 saturated heterocycles. The number of amides is 1. The summed E-state index contributed by atoms with van der Waals surface area (Å²) < 4.78 is 1.23. The van der Waals surface area contributed by atoms with Gasteiger partial charge >= 0.3 is 0 Å². The standard InChI is InChI=1S/C23H19N3O2/c1-16(19-13-7-9-17-8-5-6-12-20(17)19)24-23(28)21-14-15-22(27)26(25-21)18-10-3-2-4-11-18/h2-16H,1H3,(H,24,28). The number of rotatable bonds is 4. The van der Waals surface area contributed by atoms with Crippen molar-refractivity contribution >= 4 is 16.7 Å². The smallest absolute Gasteiger partial charge is 0.272 e. The van der Waals surface area contributed by atoms with Crippen LogP contribution in [0.25, 0.3) is 16.5 Å². The quantitative estimate of drug-likeness (QED) is 0.594. The van der Waals surface area contributed by atoms with E-state index in [0.717, 1.165) is 16.3 Å². The van der Waals surface area contributed by atoms with Gasteiger partial charge in [0.15, 0.2) is 0 Å². The van der Waals surface area contributed by atoms with Gasteiger partial charge in [0, 0.05) is 6.07 Å². The number of fused-ring (bicyclic) bond motifs is 1. The van der Waals surface area contributed by atoms with Gasteiger partial charge in [0.25, 0.3) is 11.5 Å². The SMILES string of the molecule is CC(NC(=O)c1ccc(=O)n(-c2ccccc2)n1)c1cccc2ccccc12. The molecule has 138 valence electrons. The molecule has 1 N–H and O–H groups in total. The summed E-state index contributed by atoms with van der Waals surface area (Å²) in [6, 6.07) is 25.7. The lowest BCUT2D eigenvalue weighted by atomic mass is 9.99. The average Bonchev–Trinajstić information content (AvgIpc) is 2.74. The van der Waals surface area contributed by atoms with Crippen LogP contribution in [0.3, 0.4) is 0 Å². The van der Waals surface area contributed by atoms with Crippen molar-refractivity contribution in [3.05, 3.63) is 107 Å². The first-order valence-corrected chi connectivity index (χ1v) is 9.08. The molecule has 4 rings (SSSR count). The molecule has 1 unspecified atom stereocenters. The van der Waals surface area contributed by atoms with Gasteiger partial charge in [-0.3, -0.25) is 9.59 Å². The van der Waals surface area contributed by atoms with Crippen LogP contribution in [0.2, 0.25) is 0 Å². The average molecular weight is 369 g/mol. The molecule has 0 saturated carbocycles. The van der Waals surface area contributed by atoms with Crippen molar-refractivity contribution in [2.45, 2.75) is 13.0 Å². The zero-order valence-electron chi connectivity index (χ0n) is 15.4. The van der Waals surface area contributed by atoms with Crippen LogP contribution in [0, 0.1) is 0 Å². The van der Waals surface area contributed by atoms with Gasteiger partial charge in [0.1, 0.15) is 5.69 Å². The van der Waals surface area contributed by atoms with Gasteiger partial charge in [-0.25, -0.2) is 0 Å². The second kappa shape index (κ2) is 7.48. The third kappa shape index (κ3) is 3.42. The van der Waals surface area contributed by atoms with Crippen LogP contribution >= 0.6 is 0 Å². The van der Waals surface area contributed by atoms with E-state index in [0.29, 0.717) is 5.69 Å². The fraction of sp³-hybridized carbons (Fsp3) is 0.0870. The molecule has 1 heterocycles. The summed E-state index contributed by atoms with van der Waals surface area (Å²) in [6.45, 7) is 1.94. The highest BCUT2D eigenvalue weighted by Gasteiger charge is 2.16. The summed E-state index contributed by atoms with van der Waals surface area (Å²) in [7, 11) is 0. The summed E-state index contributed by atoms with van der Waals surface area (Å²) >= 11 is 0. The molecule has 0 bridgehead atoms. The largest absolute Gasteiger partial charge is 0.344 e. The maximum atomic E-state index is 12.8. The topological polar surface area (TPSA) is 64.0 Å². The number of para-hydroxylation sites is 1. The summed E-state index contributed by atoms with van der Waals surface area (Å²) in [5.41, 5.74) is 1.55. The molecule has 4 aromatic rings. The highest BCUT2D eigenvalue weighted by Crippen LogP contribution is 2.24. The van der Waals surface area contributed by atoms with Gasteiger partial charge in [-0.2, -0.15) is 9.78 Å². The molecule has 0 aliphatic heterocycles. The number of carbonyl (C=O) groups excluding carboxylic acids is 1. The van der Waals surface area contributed by atoms with E-state index in [4.69, 9.17) is 0 Å². The van der Waals surface area contributed by atoms with E-state index in [1.165, 1.54) is 16.8 Å². The number of benzene rings is 3. The van der Waals surface area contributed by atoms with Gasteiger partial charge < -0.3 is 5.32 Å². The van der Waals surface area contributed by atoms with E-state index in [9.17, 15) is 9.59 Å². The number of carbonyl (C=O) groups is 1. The first-order valence-electron chi connectivity index (χ1n) is 9.08. The second-order valence-electron chi connectivity index (χ2n) is 6.57. The Balaban J connectivity index is 1.63. The van der Waals surface area contributed by atoms with E-state index in [1.807, 2.05) is 67.6 Å². The Hall–Kier alpha value is -3.73. The summed E-state index contributed by atoms with van der Waals surface area (Å²) in [6.07, 6.45) is 0. The lowest BCUT2D eigenvalue weighted by Crippen LogP contribution is -2.30. The predicted molar refractivity (Wildman–Crippen MR) is 110 cm³/mol. The Kier molecular flexibility index (Phi) is 4.72. The van der Waals surface area contributed by atoms with Crippen molar-refractivity contribution in [1.82, 2.24) is 15.1 Å². The highest BCUT2D eigenvalue weighted by molar-refractivity contribution is 5.93. The Morgan fingerprint density at radius 3 is 2.43 bits per heavy atom. The number of hydrogen-bond acceptors (Lipinski definition) is 3. The zero-order chi connectivity index (χ0) is 19.5. The fourth-order valence-corrected chi connectivity index (χ4v) is 3.26. The van der Waals surface area contributed by atoms with Crippen molar-refractivity contribution in [3.63, 3.8) is 0 Å². The van der Waals surface area contributed by atoms with Gasteiger partial charge in [0.2, 0.25) is 0 Å². The van der Waals surface area contributed by atoms with Crippen LogP contribution < -0.4 is 10.9 Å². The van der Waals surface area contributed by atoms with Gasteiger partial charge in [-0.05, 0) is 41.5 Å². The van der Waals surface area contributed by atoms with Crippen LogP contribution in [-0.2, 0) is 0 Å². The van der Waals surface area contributed by atoms with Crippen molar-refractivity contribution in [2.24, 2.45) is 0 Å². The number of nitrogens with zero attached hydrogens (tertiary/aromatic N) is 2. The normalized spacial score (nSPS) is 11.9. The van der Waals surface area contributed by atoms with Crippen LogP contribution in [-0.4, -0.2) is 15.7 Å². The van der Waals surface area contributed by atoms with Crippen molar-refractivity contribution in [2.75, 3.05) is 0 Å². The third-order valence-corrected chi connectivity index (χ3v) is 4.67. The lowest BCUT2D eigenvalue weighted by Gasteiger charge is -2.16. The Labute approximate surface area is 162 Å². The number of hydrogen-bond donors (Lipinski definition) is 1. The van der Waals surface area contributed by atoms with Crippen molar-refractivity contribution in [3.8, 4) is 5.69 Å². The molecule has 28 heavy (non-hydrogen) atoms. The molecule has 1 amide bonds. The minimum absolute atomic E-state index is 0.190. The van der Waals surface area contributed by atoms with Gasteiger partial charge in [-0.1, -0.05) is 60.7 Å². The molecular formula is C23H19N3O2. The van der Waals surface area contributed by atoms with E-state index >= 15 is 0 Å². The van der Waals surface area contributed by atoms with Gasteiger partial charge in [0.05, 0.1) is 11.7 Å². The molecule has 5 nitrogen and oxygen atoms in total. The Morgan fingerprint density at radius 2 is 1.61 bits per heavy atom. The fourth-order valence-electron chi connectivity index (χ4n) is 3.26. The predicted octanol–water partition coefficient (Wildman–Crippen LogP) is 3.88. The van der Waals surface area contributed by atoms with Gasteiger partial charge in [-0.15, -0.1) is 0 Å². The van der Waals surface area contributed by atoms with E-state index in [1.54, 1.807) is 12.1 Å². The first-order chi connectivity index (χ1) is 13.6. The maximum Gasteiger partial charge on any atom is 0.272 e. The van der Waals surface area contributed by atoms with E-state index in [2.05, 4.69) is 10.4 Å². The number of aromatic nitrogens is 2. The summed E-state index contributed by atoms with van der Waals surface area (Å²) in [5, 5.41) is 9.45. The second-order valence-corrected chi connectivity index (χ2v) is 6.57. The lowest BCUT2D eigenvalue weighted by molar-refractivity contribution is 0.0933. The number of nitrogens with one attached hydrogen (secondary N) is 1. The zero-order valence-corrected chi connectivity index (χ0v) is 15.4. The molecule has 0 aliphatic rings. The molecule has 1 atom stereocenters. The molecule has 0 fully saturated rings. The van der Waals surface area contributed by atoms with E-state index in [-0.39, 0.29) is 23.2 Å². The van der Waals surface area contributed by atoms with E-state index < -0.39 is 0 Å². The highest BCUT2D eigenvalue weighted by atomic mass is 16.2. The Morgan fingerprint density at radius 1 is 0.893 bits per heavy atom. The van der Waals surface area contributed by atoms with Crippen molar-refractivity contribution in [1.29, 1.82) is 0 Å². The van der Waals surface area contributed by atoms with Crippen LogP contribution in [0.5, 0.6) is 0 Å². The molecule has 1 aromatic heterocycles. The first kappa shape index (κ1) is 17.7. The summed E-state index contributed by atoms with van der Waals surface area (Å²) in [4.78, 5) is 24.9. The van der Waals surface area contributed by atoms with Crippen LogP contribution in [0.15, 0.2) is 89.7 Å². The minimum Gasteiger partial charge on any atom is -0.344 e. The minimum atomic E-state index is -0.329. The monoisotopic (exact) mass is 369 g/mol.